The van der Waals surface area contributed by atoms with E-state index in [4.69, 9.17) is 22.7 Å². The molecule has 2 atom stereocenters. The van der Waals surface area contributed by atoms with Gasteiger partial charge in [-0.2, -0.15) is 0 Å². The number of hydrogen-bond donors (Lipinski definition) is 1. The Hall–Kier alpha value is -0.270. The minimum Gasteiger partial charge on any atom is -0.392 e. The Bertz CT molecular complexity index is 345. The molecule has 2 N–H and O–H groups in total. The monoisotopic (exact) mass is 314 g/mol. The van der Waals surface area contributed by atoms with Gasteiger partial charge in [0.1, 0.15) is 0 Å². The number of piperazine rings is 1. The molecule has 2 aliphatic heterocycles. The zero-order chi connectivity index (χ0) is 15.4. The summed E-state index contributed by atoms with van der Waals surface area (Å²) in [6.07, 6.45) is 0.348. The predicted octanol–water partition coefficient (Wildman–Crippen LogP) is 0.388. The van der Waals surface area contributed by atoms with Crippen molar-refractivity contribution in [3.63, 3.8) is 0 Å². The molecule has 0 spiro atoms. The summed E-state index contributed by atoms with van der Waals surface area (Å²) in [6, 6.07) is 0.823. The third-order valence-electron chi connectivity index (χ3n) is 4.73. The maximum atomic E-state index is 5.94. The number of thiocarbonyl (C=S) groups is 1. The summed E-state index contributed by atoms with van der Waals surface area (Å²) in [5, 5.41) is 0. The van der Waals surface area contributed by atoms with E-state index in [0.29, 0.717) is 17.1 Å². The van der Waals surface area contributed by atoms with Gasteiger partial charge in [0.05, 0.1) is 23.7 Å². The van der Waals surface area contributed by atoms with Crippen LogP contribution in [0.2, 0.25) is 0 Å². The Labute approximate surface area is 134 Å². The van der Waals surface area contributed by atoms with Crippen LogP contribution in [0, 0.1) is 0 Å². The van der Waals surface area contributed by atoms with E-state index in [0.717, 1.165) is 52.4 Å². The molecule has 0 aromatic rings. The minimum absolute atomic E-state index is 0.213. The van der Waals surface area contributed by atoms with E-state index in [1.165, 1.54) is 0 Å². The molecule has 122 valence electrons. The van der Waals surface area contributed by atoms with Gasteiger partial charge in [0, 0.05) is 51.9 Å². The normalized spacial score (nSPS) is 27.9. The predicted molar refractivity (Wildman–Crippen MR) is 90.7 cm³/mol. The van der Waals surface area contributed by atoms with Crippen LogP contribution in [0.1, 0.15) is 20.8 Å². The van der Waals surface area contributed by atoms with Crippen molar-refractivity contribution in [3.8, 4) is 0 Å². The largest absolute Gasteiger partial charge is 0.392 e. The van der Waals surface area contributed by atoms with Crippen molar-refractivity contribution in [2.45, 2.75) is 39.0 Å². The Morgan fingerprint density at radius 2 is 1.81 bits per heavy atom. The molecule has 6 heteroatoms. The van der Waals surface area contributed by atoms with Crippen LogP contribution in [0.25, 0.3) is 0 Å². The molecule has 0 radical (unpaired) electrons. The molecule has 0 aliphatic carbocycles. The molecular formula is C15H30N4OS. The second-order valence-electron chi connectivity index (χ2n) is 6.50. The summed E-state index contributed by atoms with van der Waals surface area (Å²) >= 11 is 5.09. The molecule has 0 aromatic carbocycles. The lowest BCUT2D eigenvalue weighted by Gasteiger charge is -2.41. The Morgan fingerprint density at radius 3 is 2.38 bits per heavy atom. The van der Waals surface area contributed by atoms with Crippen molar-refractivity contribution < 1.29 is 4.74 Å². The van der Waals surface area contributed by atoms with Crippen LogP contribution in [-0.2, 0) is 4.74 Å². The summed E-state index contributed by atoms with van der Waals surface area (Å²) < 4.78 is 5.94. The van der Waals surface area contributed by atoms with Gasteiger partial charge in [-0.25, -0.2) is 0 Å². The van der Waals surface area contributed by atoms with E-state index in [-0.39, 0.29) is 6.04 Å². The summed E-state index contributed by atoms with van der Waals surface area (Å²) in [5.74, 6) is 0. The summed E-state index contributed by atoms with van der Waals surface area (Å²) in [4.78, 5) is 8.00. The van der Waals surface area contributed by atoms with Gasteiger partial charge < -0.3 is 10.5 Å². The molecule has 0 aromatic heterocycles. The van der Waals surface area contributed by atoms with E-state index in [2.05, 4.69) is 35.5 Å². The van der Waals surface area contributed by atoms with Crippen LogP contribution in [-0.4, -0.2) is 90.3 Å². The number of hydrogen-bond acceptors (Lipinski definition) is 5. The van der Waals surface area contributed by atoms with E-state index in [1.807, 2.05) is 0 Å². The van der Waals surface area contributed by atoms with Crippen molar-refractivity contribution in [1.29, 1.82) is 0 Å². The average Bonchev–Trinajstić information content (AvgIpc) is 2.47. The van der Waals surface area contributed by atoms with Gasteiger partial charge in [-0.05, 0) is 20.8 Å². The van der Waals surface area contributed by atoms with E-state index in [9.17, 15) is 0 Å². The molecule has 5 nitrogen and oxygen atoms in total. The first-order valence-corrected chi connectivity index (χ1v) is 8.49. The van der Waals surface area contributed by atoms with Crippen LogP contribution in [0.4, 0.5) is 0 Å². The molecule has 0 bridgehead atoms. The van der Waals surface area contributed by atoms with E-state index in [1.54, 1.807) is 0 Å². The van der Waals surface area contributed by atoms with E-state index >= 15 is 0 Å². The Kier molecular flexibility index (Phi) is 6.37. The molecule has 21 heavy (non-hydrogen) atoms. The summed E-state index contributed by atoms with van der Waals surface area (Å²) in [6.45, 7) is 14.9. The number of nitrogens with zero attached hydrogens (tertiary/aromatic N) is 3. The lowest BCUT2D eigenvalue weighted by atomic mass is 10.2. The number of morpholine rings is 1. The highest BCUT2D eigenvalue weighted by Gasteiger charge is 2.27. The maximum absolute atomic E-state index is 5.94. The number of rotatable bonds is 5. The smallest absolute Gasteiger partial charge is 0.0899 e. The highest BCUT2D eigenvalue weighted by atomic mass is 32.1. The molecule has 2 saturated heterocycles. The molecule has 0 saturated carbocycles. The fourth-order valence-electron chi connectivity index (χ4n) is 3.12. The number of ether oxygens (including phenoxy) is 1. The van der Waals surface area contributed by atoms with E-state index < -0.39 is 0 Å². The SMILES string of the molecule is CC(C)N1CCOC(CN2CCN(C(C)C(N)=S)CC2)C1. The van der Waals surface area contributed by atoms with Gasteiger partial charge in [-0.3, -0.25) is 14.7 Å². The second kappa shape index (κ2) is 7.83. The third-order valence-corrected chi connectivity index (χ3v) is 5.07. The first kappa shape index (κ1) is 17.1. The molecule has 0 amide bonds. The van der Waals surface area contributed by atoms with Crippen LogP contribution in [0.15, 0.2) is 0 Å². The first-order valence-electron chi connectivity index (χ1n) is 8.08. The van der Waals surface area contributed by atoms with Gasteiger partial charge in [0.25, 0.3) is 0 Å². The highest BCUT2D eigenvalue weighted by Crippen LogP contribution is 2.12. The van der Waals surface area contributed by atoms with Gasteiger partial charge in [-0.15, -0.1) is 0 Å². The van der Waals surface area contributed by atoms with Gasteiger partial charge in [-0.1, -0.05) is 12.2 Å². The highest BCUT2D eigenvalue weighted by molar-refractivity contribution is 7.80. The number of nitrogens with two attached hydrogens (primary N) is 1. The maximum Gasteiger partial charge on any atom is 0.0899 e. The van der Waals surface area contributed by atoms with Crippen molar-refractivity contribution in [2.75, 3.05) is 52.4 Å². The van der Waals surface area contributed by atoms with Crippen LogP contribution in [0.3, 0.4) is 0 Å². The minimum atomic E-state index is 0.213. The Morgan fingerprint density at radius 1 is 1.14 bits per heavy atom. The van der Waals surface area contributed by atoms with Crippen LogP contribution < -0.4 is 5.73 Å². The zero-order valence-electron chi connectivity index (χ0n) is 13.6. The second-order valence-corrected chi connectivity index (χ2v) is 6.97. The first-order chi connectivity index (χ1) is 9.97. The molecule has 2 aliphatic rings. The lowest BCUT2D eigenvalue weighted by molar-refractivity contribution is -0.0566. The summed E-state index contributed by atoms with van der Waals surface area (Å²) in [5.41, 5.74) is 5.75. The molecule has 2 rings (SSSR count). The third kappa shape index (κ3) is 4.86. The van der Waals surface area contributed by atoms with Crippen molar-refractivity contribution in [2.24, 2.45) is 5.73 Å². The fraction of sp³-hybridized carbons (Fsp3) is 0.933. The van der Waals surface area contributed by atoms with Crippen LogP contribution in [0.5, 0.6) is 0 Å². The van der Waals surface area contributed by atoms with Gasteiger partial charge in [0.2, 0.25) is 0 Å². The summed E-state index contributed by atoms with van der Waals surface area (Å²) in [7, 11) is 0. The van der Waals surface area contributed by atoms with Crippen LogP contribution >= 0.6 is 12.2 Å². The fourth-order valence-corrected chi connectivity index (χ4v) is 3.27. The molecule has 2 unspecified atom stereocenters. The molecule has 2 fully saturated rings. The zero-order valence-corrected chi connectivity index (χ0v) is 14.4. The average molecular weight is 314 g/mol. The standard InChI is InChI=1S/C15H30N4OS/c1-12(2)19-8-9-20-14(11-19)10-17-4-6-18(7-5-17)13(3)15(16)21/h12-14H,4-11H2,1-3H3,(H2,16,21). The van der Waals surface area contributed by atoms with Gasteiger partial charge >= 0.3 is 0 Å². The lowest BCUT2D eigenvalue weighted by Crippen LogP contribution is -2.56. The quantitative estimate of drug-likeness (QED) is 0.741. The molecular weight excluding hydrogens is 284 g/mol. The van der Waals surface area contributed by atoms with Crippen molar-refractivity contribution in [3.05, 3.63) is 0 Å². The molecule has 2 heterocycles. The Balaban J connectivity index is 1.74. The van der Waals surface area contributed by atoms with Crippen molar-refractivity contribution in [1.82, 2.24) is 14.7 Å². The topological polar surface area (TPSA) is 45.0 Å². The van der Waals surface area contributed by atoms with Gasteiger partial charge in [0.15, 0.2) is 0 Å². The van der Waals surface area contributed by atoms with Crippen molar-refractivity contribution >= 4 is 17.2 Å².